The number of amides is 1. The lowest BCUT2D eigenvalue weighted by Gasteiger charge is -2.24. The van der Waals surface area contributed by atoms with E-state index in [4.69, 9.17) is 4.74 Å². The van der Waals surface area contributed by atoms with E-state index in [0.29, 0.717) is 5.92 Å². The van der Waals surface area contributed by atoms with Gasteiger partial charge in [0.2, 0.25) is 0 Å². The molecule has 26 heavy (non-hydrogen) atoms. The zero-order chi connectivity index (χ0) is 18.1. The highest BCUT2D eigenvalue weighted by Gasteiger charge is 2.26. The normalized spacial score (nSPS) is 18.7. The summed E-state index contributed by atoms with van der Waals surface area (Å²) < 4.78 is 5.62. The van der Waals surface area contributed by atoms with E-state index in [9.17, 15) is 4.79 Å². The number of rotatable bonds is 3. The first-order valence-corrected chi connectivity index (χ1v) is 9.48. The summed E-state index contributed by atoms with van der Waals surface area (Å²) in [5, 5.41) is 2.98. The topological polar surface area (TPSA) is 38.3 Å². The lowest BCUT2D eigenvalue weighted by Crippen LogP contribution is -2.07. The van der Waals surface area contributed by atoms with Gasteiger partial charge in [-0.2, -0.15) is 0 Å². The Labute approximate surface area is 155 Å². The number of anilines is 1. The van der Waals surface area contributed by atoms with Crippen molar-refractivity contribution < 1.29 is 9.53 Å². The van der Waals surface area contributed by atoms with Crippen LogP contribution in [0.2, 0.25) is 0 Å². The van der Waals surface area contributed by atoms with Crippen molar-refractivity contribution in [3.63, 3.8) is 0 Å². The molecule has 134 valence electrons. The summed E-state index contributed by atoms with van der Waals surface area (Å²) in [6.07, 6.45) is 8.36. The van der Waals surface area contributed by atoms with Gasteiger partial charge in [0.15, 0.2) is 0 Å². The molecule has 2 aromatic rings. The molecule has 1 N–H and O–H groups in total. The highest BCUT2D eigenvalue weighted by molar-refractivity contribution is 6.35. The highest BCUT2D eigenvalue weighted by Crippen LogP contribution is 2.39. The summed E-state index contributed by atoms with van der Waals surface area (Å²) in [7, 11) is 1.74. The third-order valence-corrected chi connectivity index (χ3v) is 5.64. The second kappa shape index (κ2) is 6.99. The lowest BCUT2D eigenvalue weighted by atomic mass is 9.83. The van der Waals surface area contributed by atoms with Gasteiger partial charge in [0.05, 0.1) is 7.11 Å². The van der Waals surface area contributed by atoms with Crippen LogP contribution in [0, 0.1) is 6.92 Å². The van der Waals surface area contributed by atoms with Crippen LogP contribution >= 0.6 is 0 Å². The molecule has 1 aliphatic carbocycles. The molecule has 3 heteroatoms. The number of benzene rings is 2. The number of aryl methyl sites for hydroxylation is 1. The fourth-order valence-electron chi connectivity index (χ4n) is 4.31. The molecule has 0 bridgehead atoms. The first-order valence-electron chi connectivity index (χ1n) is 9.48. The fourth-order valence-corrected chi connectivity index (χ4v) is 4.31. The third-order valence-electron chi connectivity index (χ3n) is 5.64. The van der Waals surface area contributed by atoms with Crippen molar-refractivity contribution in [1.82, 2.24) is 0 Å². The van der Waals surface area contributed by atoms with Crippen LogP contribution in [0.3, 0.4) is 0 Å². The molecule has 1 saturated carbocycles. The minimum absolute atomic E-state index is 0.0238. The van der Waals surface area contributed by atoms with Gasteiger partial charge in [0.25, 0.3) is 5.91 Å². The van der Waals surface area contributed by atoms with Gasteiger partial charge in [-0.05, 0) is 66.6 Å². The largest absolute Gasteiger partial charge is 0.496 e. The van der Waals surface area contributed by atoms with Gasteiger partial charge in [-0.3, -0.25) is 4.79 Å². The third kappa shape index (κ3) is 3.03. The van der Waals surface area contributed by atoms with Gasteiger partial charge in [-0.15, -0.1) is 0 Å². The number of fused-ring (bicyclic) bond motifs is 1. The number of carbonyl (C=O) groups excluding carboxylic acids is 1. The second-order valence-corrected chi connectivity index (χ2v) is 7.35. The van der Waals surface area contributed by atoms with Crippen molar-refractivity contribution in [2.45, 2.75) is 44.9 Å². The van der Waals surface area contributed by atoms with Gasteiger partial charge < -0.3 is 10.1 Å². The van der Waals surface area contributed by atoms with E-state index in [1.165, 1.54) is 37.7 Å². The molecule has 2 aromatic carbocycles. The standard InChI is InChI=1S/C23H25NO2/c1-15-7-6-10-20-22(15)19(23(25)24-20)14-16-11-12-21(26-2)18(13-16)17-8-4-3-5-9-17/h6-7,10-14,17H,3-5,8-9H2,1-2H3,(H,24,25)/b19-14-. The molecule has 4 rings (SSSR count). The summed E-state index contributed by atoms with van der Waals surface area (Å²) in [6, 6.07) is 12.3. The van der Waals surface area contributed by atoms with Crippen molar-refractivity contribution in [3.05, 3.63) is 58.7 Å². The molecule has 1 fully saturated rings. The van der Waals surface area contributed by atoms with Gasteiger partial charge in [-0.25, -0.2) is 0 Å². The van der Waals surface area contributed by atoms with Crippen LogP contribution in [0.5, 0.6) is 5.75 Å². The van der Waals surface area contributed by atoms with Crippen LogP contribution in [0.4, 0.5) is 5.69 Å². The Bertz CT molecular complexity index is 876. The maximum atomic E-state index is 12.5. The van der Waals surface area contributed by atoms with Gasteiger partial charge in [0, 0.05) is 16.8 Å². The Morgan fingerprint density at radius 1 is 1.12 bits per heavy atom. The van der Waals surface area contributed by atoms with Crippen LogP contribution in [-0.4, -0.2) is 13.0 Å². The predicted molar refractivity (Wildman–Crippen MR) is 106 cm³/mol. The van der Waals surface area contributed by atoms with E-state index in [2.05, 4.69) is 24.4 Å². The zero-order valence-corrected chi connectivity index (χ0v) is 15.5. The minimum Gasteiger partial charge on any atom is -0.496 e. The average Bonchev–Trinajstić information content (AvgIpc) is 2.99. The molecule has 0 aromatic heterocycles. The Kier molecular flexibility index (Phi) is 4.54. The Balaban J connectivity index is 1.75. The smallest absolute Gasteiger partial charge is 0.256 e. The summed E-state index contributed by atoms with van der Waals surface area (Å²) in [5.74, 6) is 1.50. The SMILES string of the molecule is COc1ccc(/C=C2\C(=O)Nc3cccc(C)c32)cc1C1CCCCC1. The van der Waals surface area contributed by atoms with Crippen LogP contribution < -0.4 is 10.1 Å². The van der Waals surface area contributed by atoms with Crippen molar-refractivity contribution in [2.24, 2.45) is 0 Å². The number of methoxy groups -OCH3 is 1. The molecule has 1 aliphatic heterocycles. The van der Waals surface area contributed by atoms with Crippen molar-refractivity contribution in [1.29, 1.82) is 0 Å². The van der Waals surface area contributed by atoms with Gasteiger partial charge in [0.1, 0.15) is 5.75 Å². The highest BCUT2D eigenvalue weighted by atomic mass is 16.5. The van der Waals surface area contributed by atoms with Crippen LogP contribution in [0.25, 0.3) is 11.6 Å². The van der Waals surface area contributed by atoms with E-state index >= 15 is 0 Å². The molecule has 1 amide bonds. The lowest BCUT2D eigenvalue weighted by molar-refractivity contribution is -0.110. The van der Waals surface area contributed by atoms with E-state index in [-0.39, 0.29) is 5.91 Å². The van der Waals surface area contributed by atoms with E-state index < -0.39 is 0 Å². The van der Waals surface area contributed by atoms with Crippen LogP contribution in [0.15, 0.2) is 36.4 Å². The predicted octanol–water partition coefficient (Wildman–Crippen LogP) is 5.54. The molecule has 0 spiro atoms. The fraction of sp³-hybridized carbons (Fsp3) is 0.348. The first kappa shape index (κ1) is 16.9. The quantitative estimate of drug-likeness (QED) is 0.740. The van der Waals surface area contributed by atoms with Gasteiger partial charge in [-0.1, -0.05) is 37.5 Å². The molecule has 0 radical (unpaired) electrons. The van der Waals surface area contributed by atoms with Crippen molar-refractivity contribution >= 4 is 23.2 Å². The first-order chi connectivity index (χ1) is 12.7. The van der Waals surface area contributed by atoms with E-state index in [0.717, 1.165) is 33.7 Å². The average molecular weight is 347 g/mol. The Morgan fingerprint density at radius 3 is 2.69 bits per heavy atom. The molecule has 0 saturated heterocycles. The van der Waals surface area contributed by atoms with Crippen molar-refractivity contribution in [3.8, 4) is 5.75 Å². The maximum absolute atomic E-state index is 12.5. The molecule has 1 heterocycles. The maximum Gasteiger partial charge on any atom is 0.256 e. The summed E-state index contributed by atoms with van der Waals surface area (Å²) in [6.45, 7) is 2.05. The number of hydrogen-bond acceptors (Lipinski definition) is 2. The van der Waals surface area contributed by atoms with Crippen molar-refractivity contribution in [2.75, 3.05) is 12.4 Å². The summed E-state index contributed by atoms with van der Waals surface area (Å²) in [4.78, 5) is 12.5. The molecular formula is C23H25NO2. The summed E-state index contributed by atoms with van der Waals surface area (Å²) >= 11 is 0. The monoisotopic (exact) mass is 347 g/mol. The van der Waals surface area contributed by atoms with E-state index in [1.54, 1.807) is 7.11 Å². The van der Waals surface area contributed by atoms with Crippen LogP contribution in [0.1, 0.15) is 60.3 Å². The second-order valence-electron chi connectivity index (χ2n) is 7.35. The van der Waals surface area contributed by atoms with Gasteiger partial charge >= 0.3 is 0 Å². The molecular weight excluding hydrogens is 322 g/mol. The zero-order valence-electron chi connectivity index (χ0n) is 15.5. The molecule has 3 nitrogen and oxygen atoms in total. The summed E-state index contributed by atoms with van der Waals surface area (Å²) in [5.41, 5.74) is 6.14. The van der Waals surface area contributed by atoms with Crippen LogP contribution in [-0.2, 0) is 4.79 Å². The Hall–Kier alpha value is -2.55. The molecule has 0 unspecified atom stereocenters. The Morgan fingerprint density at radius 2 is 1.92 bits per heavy atom. The molecule has 0 atom stereocenters. The number of nitrogens with one attached hydrogen (secondary N) is 1. The van der Waals surface area contributed by atoms with E-state index in [1.807, 2.05) is 30.3 Å². The number of hydrogen-bond donors (Lipinski definition) is 1. The number of carbonyl (C=O) groups is 1. The molecule has 2 aliphatic rings. The number of ether oxygens (including phenoxy) is 1. The minimum atomic E-state index is -0.0238.